The van der Waals surface area contributed by atoms with Crippen LogP contribution in [-0.4, -0.2) is 0 Å². The highest BCUT2D eigenvalue weighted by molar-refractivity contribution is 7.29. The SMILES string of the molecule is c1ccc2cc(-c3c4ccccc4c(-c4ccc(-c5ccc6c(c5)sc5c7ccccc7c7sc8ccccc8c7c65)cc4)c4ccccc34)ccc2c1. The van der Waals surface area contributed by atoms with E-state index in [2.05, 4.69) is 182 Å². The van der Waals surface area contributed by atoms with Crippen molar-refractivity contribution in [1.82, 2.24) is 0 Å². The van der Waals surface area contributed by atoms with Crippen molar-refractivity contribution >= 4 is 106 Å². The highest BCUT2D eigenvalue weighted by atomic mass is 32.1. The molecule has 250 valence electrons. The first-order valence-corrected chi connectivity index (χ1v) is 20.1. The van der Waals surface area contributed by atoms with Gasteiger partial charge in [-0.3, -0.25) is 0 Å². The van der Waals surface area contributed by atoms with Gasteiger partial charge >= 0.3 is 0 Å². The van der Waals surface area contributed by atoms with Gasteiger partial charge in [-0.25, -0.2) is 0 Å². The fourth-order valence-corrected chi connectivity index (χ4v) is 11.5. The maximum atomic E-state index is 2.41. The molecule has 0 radical (unpaired) electrons. The van der Waals surface area contributed by atoms with Crippen LogP contribution in [0.2, 0.25) is 0 Å². The molecule has 0 atom stereocenters. The summed E-state index contributed by atoms with van der Waals surface area (Å²) in [6.45, 7) is 0. The molecule has 0 amide bonds. The molecule has 54 heavy (non-hydrogen) atoms. The molecule has 0 bridgehead atoms. The van der Waals surface area contributed by atoms with Gasteiger partial charge in [0.25, 0.3) is 0 Å². The monoisotopic (exact) mass is 718 g/mol. The van der Waals surface area contributed by atoms with E-state index in [1.54, 1.807) is 0 Å². The fraction of sp³-hybridized carbons (Fsp3) is 0. The molecule has 0 fully saturated rings. The first kappa shape index (κ1) is 30.2. The van der Waals surface area contributed by atoms with Crippen molar-refractivity contribution in [3.63, 3.8) is 0 Å². The van der Waals surface area contributed by atoms with Crippen molar-refractivity contribution in [2.45, 2.75) is 0 Å². The predicted molar refractivity (Wildman–Crippen MR) is 239 cm³/mol. The fourth-order valence-electron chi connectivity index (χ4n) is 9.00. The molecule has 10 aromatic carbocycles. The predicted octanol–water partition coefficient (Wildman–Crippen LogP) is 16.0. The van der Waals surface area contributed by atoms with Crippen molar-refractivity contribution in [2.24, 2.45) is 0 Å². The minimum absolute atomic E-state index is 1.23. The van der Waals surface area contributed by atoms with Crippen LogP contribution in [0.3, 0.4) is 0 Å². The zero-order chi connectivity index (χ0) is 35.3. The number of hydrogen-bond acceptors (Lipinski definition) is 2. The molecule has 0 unspecified atom stereocenters. The van der Waals surface area contributed by atoms with Crippen LogP contribution in [0.15, 0.2) is 182 Å². The zero-order valence-electron chi connectivity index (χ0n) is 29.1. The summed E-state index contributed by atoms with van der Waals surface area (Å²) in [7, 11) is 0. The highest BCUT2D eigenvalue weighted by Crippen LogP contribution is 2.50. The smallest absolute Gasteiger partial charge is 0.0441 e. The molecule has 0 aliphatic heterocycles. The van der Waals surface area contributed by atoms with E-state index in [0.29, 0.717) is 0 Å². The Balaban J connectivity index is 1.02. The lowest BCUT2D eigenvalue weighted by Crippen LogP contribution is -1.91. The third-order valence-electron chi connectivity index (χ3n) is 11.4. The average Bonchev–Trinajstić information content (AvgIpc) is 3.82. The van der Waals surface area contributed by atoms with Gasteiger partial charge in [0, 0.05) is 51.1 Å². The molecule has 0 saturated heterocycles. The quantitative estimate of drug-likeness (QED) is 0.160. The molecular weight excluding hydrogens is 689 g/mol. The van der Waals surface area contributed by atoms with Gasteiger partial charge in [0.05, 0.1) is 0 Å². The summed E-state index contributed by atoms with van der Waals surface area (Å²) in [6.07, 6.45) is 0. The van der Waals surface area contributed by atoms with Crippen LogP contribution >= 0.6 is 22.7 Å². The van der Waals surface area contributed by atoms with Crippen LogP contribution in [0.25, 0.3) is 117 Å². The van der Waals surface area contributed by atoms with Crippen LogP contribution in [0.4, 0.5) is 0 Å². The topological polar surface area (TPSA) is 0 Å². The zero-order valence-corrected chi connectivity index (χ0v) is 30.8. The van der Waals surface area contributed by atoms with Crippen molar-refractivity contribution in [3.05, 3.63) is 182 Å². The molecule has 2 aromatic heterocycles. The second-order valence-corrected chi connectivity index (χ2v) is 16.4. The molecule has 0 nitrogen and oxygen atoms in total. The van der Waals surface area contributed by atoms with Crippen LogP contribution < -0.4 is 0 Å². The molecule has 12 rings (SSSR count). The number of thiophene rings is 2. The van der Waals surface area contributed by atoms with Gasteiger partial charge in [-0.05, 0) is 83.9 Å². The number of benzene rings is 10. The van der Waals surface area contributed by atoms with Gasteiger partial charge in [0.15, 0.2) is 0 Å². The maximum Gasteiger partial charge on any atom is 0.0441 e. The summed E-state index contributed by atoms with van der Waals surface area (Å²) in [6, 6.07) is 67.6. The second kappa shape index (κ2) is 11.6. The van der Waals surface area contributed by atoms with Gasteiger partial charge in [-0.15, -0.1) is 22.7 Å². The molecule has 12 aromatic rings. The first-order valence-electron chi connectivity index (χ1n) is 18.5. The van der Waals surface area contributed by atoms with Gasteiger partial charge in [-0.2, -0.15) is 0 Å². The molecule has 0 spiro atoms. The summed E-state index contributed by atoms with van der Waals surface area (Å²) in [5.41, 5.74) is 7.55. The number of fused-ring (bicyclic) bond motifs is 13. The van der Waals surface area contributed by atoms with Gasteiger partial charge in [-0.1, -0.05) is 164 Å². The Hall–Kier alpha value is -6.32. The van der Waals surface area contributed by atoms with Crippen LogP contribution in [0, 0.1) is 0 Å². The lowest BCUT2D eigenvalue weighted by molar-refractivity contribution is 1.63. The Morgan fingerprint density at radius 3 is 1.35 bits per heavy atom. The molecule has 0 saturated carbocycles. The highest BCUT2D eigenvalue weighted by Gasteiger charge is 2.20. The van der Waals surface area contributed by atoms with Crippen molar-refractivity contribution in [1.29, 1.82) is 0 Å². The van der Waals surface area contributed by atoms with E-state index in [-0.39, 0.29) is 0 Å². The van der Waals surface area contributed by atoms with Crippen LogP contribution in [-0.2, 0) is 0 Å². The van der Waals surface area contributed by atoms with Gasteiger partial charge in [0.1, 0.15) is 0 Å². The number of rotatable bonds is 3. The molecule has 0 aliphatic rings. The first-order chi connectivity index (χ1) is 26.8. The molecule has 2 heterocycles. The minimum atomic E-state index is 1.23. The van der Waals surface area contributed by atoms with E-state index < -0.39 is 0 Å². The lowest BCUT2D eigenvalue weighted by Gasteiger charge is -2.18. The Labute approximate surface area is 319 Å². The van der Waals surface area contributed by atoms with E-state index in [1.807, 2.05) is 22.7 Å². The average molecular weight is 719 g/mol. The summed E-state index contributed by atoms with van der Waals surface area (Å²) >= 11 is 3.86. The summed E-state index contributed by atoms with van der Waals surface area (Å²) in [5.74, 6) is 0. The molecule has 2 heteroatoms. The Morgan fingerprint density at radius 1 is 0.259 bits per heavy atom. The van der Waals surface area contributed by atoms with Crippen LogP contribution in [0.5, 0.6) is 0 Å². The third kappa shape index (κ3) is 4.36. The maximum absolute atomic E-state index is 2.41. The third-order valence-corrected chi connectivity index (χ3v) is 13.8. The Morgan fingerprint density at radius 2 is 0.704 bits per heavy atom. The van der Waals surface area contributed by atoms with E-state index in [1.165, 1.54) is 117 Å². The summed E-state index contributed by atoms with van der Waals surface area (Å²) < 4.78 is 5.46. The molecule has 0 N–H and O–H groups in total. The lowest BCUT2D eigenvalue weighted by atomic mass is 9.85. The Bertz CT molecular complexity index is 3430. The van der Waals surface area contributed by atoms with E-state index in [4.69, 9.17) is 0 Å². The normalized spacial score (nSPS) is 12.1. The number of hydrogen-bond donors (Lipinski definition) is 0. The van der Waals surface area contributed by atoms with Crippen molar-refractivity contribution in [3.8, 4) is 33.4 Å². The summed E-state index contributed by atoms with van der Waals surface area (Å²) in [4.78, 5) is 0. The van der Waals surface area contributed by atoms with E-state index >= 15 is 0 Å². The Kier molecular flexibility index (Phi) is 6.48. The van der Waals surface area contributed by atoms with Gasteiger partial charge < -0.3 is 0 Å². The van der Waals surface area contributed by atoms with E-state index in [9.17, 15) is 0 Å². The largest absolute Gasteiger partial charge is 0.135 e. The van der Waals surface area contributed by atoms with Crippen molar-refractivity contribution < 1.29 is 0 Å². The van der Waals surface area contributed by atoms with Gasteiger partial charge in [0.2, 0.25) is 0 Å². The summed E-state index contributed by atoms with van der Waals surface area (Å²) in [5, 5.41) is 15.8. The van der Waals surface area contributed by atoms with Crippen molar-refractivity contribution in [2.75, 3.05) is 0 Å². The molecular formula is C52H30S2. The second-order valence-electron chi connectivity index (χ2n) is 14.3. The molecule has 0 aliphatic carbocycles. The van der Waals surface area contributed by atoms with Crippen LogP contribution in [0.1, 0.15) is 0 Å². The minimum Gasteiger partial charge on any atom is -0.135 e. The standard InChI is InChI=1S/C52H30S2/c1-2-12-34-29-36(26-23-31(34)11-1)48-39-15-5-3-13-37(39)47(38-14-4-6-16-40(38)48)33-24-21-32(22-25-33)35-27-28-44-46(30-35)54-52-42-18-8-7-17-41(42)51-49(50(44)52)43-19-9-10-20-45(43)53-51/h1-30H. The van der Waals surface area contributed by atoms with E-state index in [0.717, 1.165) is 0 Å².